The van der Waals surface area contributed by atoms with Crippen LogP contribution in [-0.4, -0.2) is 16.5 Å². The van der Waals surface area contributed by atoms with E-state index in [1.54, 1.807) is 0 Å². The molecule has 0 saturated carbocycles. The molecule has 0 aliphatic carbocycles. The predicted molar refractivity (Wildman–Crippen MR) is 35.1 cm³/mol. The van der Waals surface area contributed by atoms with E-state index in [9.17, 15) is 9.18 Å². The highest BCUT2D eigenvalue weighted by molar-refractivity contribution is 5.79. The zero-order valence-electron chi connectivity index (χ0n) is 5.41. The van der Waals surface area contributed by atoms with Gasteiger partial charge in [0, 0.05) is 0 Å². The van der Waals surface area contributed by atoms with Crippen LogP contribution in [0.4, 0.5) is 4.39 Å². The Kier molecular flexibility index (Phi) is 1.76. The van der Waals surface area contributed by atoms with Crippen LogP contribution in [0.25, 0.3) is 0 Å². The van der Waals surface area contributed by atoms with Gasteiger partial charge in [0.15, 0.2) is 17.8 Å². The molecular weight excluding hydrogens is 151 g/mol. The molecule has 58 valence electrons. The molecule has 11 heavy (non-hydrogen) atoms. The highest BCUT2D eigenvalue weighted by Crippen LogP contribution is 2.26. The molecular formula is C7H5FO3. The Morgan fingerprint density at radius 2 is 2.00 bits per heavy atom. The van der Waals surface area contributed by atoms with Crippen molar-refractivity contribution in [3.63, 3.8) is 0 Å². The second-order valence-corrected chi connectivity index (χ2v) is 1.95. The third kappa shape index (κ3) is 1.14. The van der Waals surface area contributed by atoms with Crippen LogP contribution in [0, 0.1) is 5.82 Å². The molecule has 0 aromatic heterocycles. The summed E-state index contributed by atoms with van der Waals surface area (Å²) in [6.45, 7) is 0. The Hall–Kier alpha value is -1.58. The number of carbonyl (C=O) groups is 1. The Labute approximate surface area is 61.7 Å². The van der Waals surface area contributed by atoms with Crippen molar-refractivity contribution in [2.45, 2.75) is 0 Å². The average molecular weight is 156 g/mol. The van der Waals surface area contributed by atoms with Crippen molar-refractivity contribution in [2.24, 2.45) is 0 Å². The molecule has 4 heteroatoms. The van der Waals surface area contributed by atoms with Gasteiger partial charge in [0.1, 0.15) is 0 Å². The van der Waals surface area contributed by atoms with Gasteiger partial charge in [-0.2, -0.15) is 4.39 Å². The lowest BCUT2D eigenvalue weighted by atomic mass is 10.2. The number of benzene rings is 1. The third-order valence-corrected chi connectivity index (χ3v) is 1.25. The van der Waals surface area contributed by atoms with Crippen LogP contribution in [0.3, 0.4) is 0 Å². The van der Waals surface area contributed by atoms with Gasteiger partial charge in [-0.1, -0.05) is 0 Å². The van der Waals surface area contributed by atoms with E-state index in [1.165, 1.54) is 0 Å². The smallest absolute Gasteiger partial charge is 0.207 e. The lowest BCUT2D eigenvalue weighted by molar-refractivity contribution is 0.112. The zero-order valence-corrected chi connectivity index (χ0v) is 5.41. The quantitative estimate of drug-likeness (QED) is 0.597. The molecule has 1 aromatic carbocycles. The van der Waals surface area contributed by atoms with E-state index in [-0.39, 0.29) is 5.56 Å². The van der Waals surface area contributed by atoms with Crippen LogP contribution >= 0.6 is 0 Å². The second kappa shape index (κ2) is 2.57. The Morgan fingerprint density at radius 1 is 1.36 bits per heavy atom. The van der Waals surface area contributed by atoms with E-state index in [0.717, 1.165) is 12.1 Å². The fourth-order valence-electron chi connectivity index (χ4n) is 0.664. The number of carbonyl (C=O) groups excluding carboxylic acids is 1. The molecule has 0 fully saturated rings. The summed E-state index contributed by atoms with van der Waals surface area (Å²) in [6, 6.07) is 2.12. The summed E-state index contributed by atoms with van der Waals surface area (Å²) in [6.07, 6.45) is 0.303. The number of halogens is 1. The first-order valence-corrected chi connectivity index (χ1v) is 2.82. The zero-order chi connectivity index (χ0) is 8.43. The lowest BCUT2D eigenvalue weighted by Crippen LogP contribution is -1.85. The van der Waals surface area contributed by atoms with Gasteiger partial charge in [-0.25, -0.2) is 0 Å². The number of aromatic hydroxyl groups is 2. The van der Waals surface area contributed by atoms with Crippen LogP contribution in [-0.2, 0) is 0 Å². The molecule has 0 aliphatic heterocycles. The van der Waals surface area contributed by atoms with Crippen molar-refractivity contribution >= 4 is 6.29 Å². The maximum absolute atomic E-state index is 12.5. The van der Waals surface area contributed by atoms with E-state index >= 15 is 0 Å². The molecule has 0 bridgehead atoms. The molecule has 0 atom stereocenters. The summed E-state index contributed by atoms with van der Waals surface area (Å²) in [5, 5.41) is 17.5. The standard InChI is InChI=1S/C7H5FO3/c8-6-5(10)2-1-4(3-9)7(6)11/h1-3,10-11H. The molecule has 0 heterocycles. The highest BCUT2D eigenvalue weighted by atomic mass is 19.1. The topological polar surface area (TPSA) is 57.5 Å². The maximum atomic E-state index is 12.5. The summed E-state index contributed by atoms with van der Waals surface area (Å²) >= 11 is 0. The summed E-state index contributed by atoms with van der Waals surface area (Å²) in [5.74, 6) is -2.66. The van der Waals surface area contributed by atoms with Crippen LogP contribution in [0.15, 0.2) is 12.1 Å². The van der Waals surface area contributed by atoms with E-state index in [0.29, 0.717) is 6.29 Å². The molecule has 1 aromatic rings. The van der Waals surface area contributed by atoms with E-state index in [2.05, 4.69) is 0 Å². The number of phenolic OH excluding ortho intramolecular Hbond substituents is 2. The van der Waals surface area contributed by atoms with Gasteiger partial charge in [0.05, 0.1) is 5.56 Å². The normalized spacial score (nSPS) is 9.55. The highest BCUT2D eigenvalue weighted by Gasteiger charge is 2.10. The van der Waals surface area contributed by atoms with Crippen molar-refractivity contribution in [3.8, 4) is 11.5 Å². The van der Waals surface area contributed by atoms with Crippen molar-refractivity contribution in [3.05, 3.63) is 23.5 Å². The van der Waals surface area contributed by atoms with Gasteiger partial charge < -0.3 is 10.2 Å². The van der Waals surface area contributed by atoms with Gasteiger partial charge in [0.2, 0.25) is 5.82 Å². The molecule has 3 nitrogen and oxygen atoms in total. The molecule has 0 spiro atoms. The minimum atomic E-state index is -1.17. The van der Waals surface area contributed by atoms with E-state index in [1.807, 2.05) is 0 Å². The number of hydrogen-bond donors (Lipinski definition) is 2. The predicted octanol–water partition coefficient (Wildman–Crippen LogP) is 1.05. The fraction of sp³-hybridized carbons (Fsp3) is 0. The van der Waals surface area contributed by atoms with Crippen LogP contribution in [0.1, 0.15) is 10.4 Å². The minimum absolute atomic E-state index is 0.180. The SMILES string of the molecule is O=Cc1ccc(O)c(F)c1O. The minimum Gasteiger partial charge on any atom is -0.505 e. The molecule has 0 aliphatic rings. The molecule has 2 N–H and O–H groups in total. The average Bonchev–Trinajstić information content (AvgIpc) is 2.01. The molecule has 0 unspecified atom stereocenters. The summed E-state index contributed by atoms with van der Waals surface area (Å²) < 4.78 is 12.5. The first kappa shape index (κ1) is 7.53. The summed E-state index contributed by atoms with van der Waals surface area (Å²) in [4.78, 5) is 10.1. The lowest BCUT2D eigenvalue weighted by Gasteiger charge is -1.99. The number of phenols is 2. The third-order valence-electron chi connectivity index (χ3n) is 1.25. The van der Waals surface area contributed by atoms with E-state index in [4.69, 9.17) is 10.2 Å². The summed E-state index contributed by atoms with van der Waals surface area (Å²) in [7, 11) is 0. The largest absolute Gasteiger partial charge is 0.505 e. The van der Waals surface area contributed by atoms with E-state index < -0.39 is 17.3 Å². The number of hydrogen-bond acceptors (Lipinski definition) is 3. The molecule has 0 radical (unpaired) electrons. The van der Waals surface area contributed by atoms with Gasteiger partial charge in [-0.3, -0.25) is 4.79 Å². The Bertz CT molecular complexity index is 296. The van der Waals surface area contributed by atoms with Gasteiger partial charge in [0.25, 0.3) is 0 Å². The number of aldehydes is 1. The summed E-state index contributed by atoms with van der Waals surface area (Å²) in [5.41, 5.74) is -0.180. The van der Waals surface area contributed by atoms with Crippen molar-refractivity contribution in [2.75, 3.05) is 0 Å². The Morgan fingerprint density at radius 3 is 2.55 bits per heavy atom. The van der Waals surface area contributed by atoms with Gasteiger partial charge in [-0.15, -0.1) is 0 Å². The van der Waals surface area contributed by atoms with Gasteiger partial charge >= 0.3 is 0 Å². The van der Waals surface area contributed by atoms with Crippen LogP contribution < -0.4 is 0 Å². The number of rotatable bonds is 1. The van der Waals surface area contributed by atoms with Crippen LogP contribution in [0.2, 0.25) is 0 Å². The van der Waals surface area contributed by atoms with Gasteiger partial charge in [-0.05, 0) is 12.1 Å². The first-order valence-electron chi connectivity index (χ1n) is 2.82. The fourth-order valence-corrected chi connectivity index (χ4v) is 0.664. The van der Waals surface area contributed by atoms with Crippen molar-refractivity contribution in [1.82, 2.24) is 0 Å². The maximum Gasteiger partial charge on any atom is 0.207 e. The first-order chi connectivity index (χ1) is 5.16. The Balaban J connectivity index is 3.36. The molecule has 0 amide bonds. The molecule has 0 saturated heterocycles. The van der Waals surface area contributed by atoms with Crippen molar-refractivity contribution in [1.29, 1.82) is 0 Å². The monoisotopic (exact) mass is 156 g/mol. The molecule has 1 rings (SSSR count). The van der Waals surface area contributed by atoms with Crippen LogP contribution in [0.5, 0.6) is 11.5 Å². The second-order valence-electron chi connectivity index (χ2n) is 1.95. The van der Waals surface area contributed by atoms with Crippen molar-refractivity contribution < 1.29 is 19.4 Å².